The topological polar surface area (TPSA) is 80.9 Å². The Balaban J connectivity index is 3.41. The number of rotatable bonds is 5. The fraction of sp³-hybridized carbons (Fsp3) is 1.00. The Kier molecular flexibility index (Phi) is 5.52. The molecule has 1 unspecified atom stereocenters. The van der Waals surface area contributed by atoms with E-state index >= 15 is 0 Å². The first kappa shape index (κ1) is 9.84. The molecule has 0 aliphatic carbocycles. The van der Waals surface area contributed by atoms with Crippen LogP contribution in [0, 0.1) is 5.92 Å². The van der Waals surface area contributed by atoms with Crippen molar-refractivity contribution in [1.82, 2.24) is 0 Å². The van der Waals surface area contributed by atoms with Crippen LogP contribution in [0.5, 0.6) is 0 Å². The third-order valence-corrected chi connectivity index (χ3v) is 1.33. The summed E-state index contributed by atoms with van der Waals surface area (Å²) in [5.74, 6) is -0.317. The molecule has 0 bridgehead atoms. The zero-order valence-electron chi connectivity index (χ0n) is 5.77. The van der Waals surface area contributed by atoms with Gasteiger partial charge in [0.05, 0.1) is 12.7 Å². The van der Waals surface area contributed by atoms with Gasteiger partial charge in [-0.3, -0.25) is 0 Å². The van der Waals surface area contributed by atoms with E-state index in [1.807, 2.05) is 0 Å². The van der Waals surface area contributed by atoms with E-state index in [0.29, 0.717) is 0 Å². The SMILES string of the molecule is OCC(O)CC(CO)CO. The van der Waals surface area contributed by atoms with Gasteiger partial charge in [-0.2, -0.15) is 0 Å². The summed E-state index contributed by atoms with van der Waals surface area (Å²) >= 11 is 0. The summed E-state index contributed by atoms with van der Waals surface area (Å²) in [7, 11) is 0. The summed E-state index contributed by atoms with van der Waals surface area (Å²) < 4.78 is 0. The summed E-state index contributed by atoms with van der Waals surface area (Å²) in [4.78, 5) is 0. The van der Waals surface area contributed by atoms with E-state index in [9.17, 15) is 0 Å². The third-order valence-electron chi connectivity index (χ3n) is 1.33. The molecule has 0 rings (SSSR count). The number of aliphatic hydroxyl groups excluding tert-OH is 4. The molecule has 1 atom stereocenters. The van der Waals surface area contributed by atoms with E-state index in [2.05, 4.69) is 0 Å². The molecule has 0 saturated carbocycles. The highest BCUT2D eigenvalue weighted by Gasteiger charge is 2.11. The predicted octanol–water partition coefficient (Wildman–Crippen LogP) is -1.67. The molecular formula is C6H14O4. The van der Waals surface area contributed by atoms with Crippen LogP contribution in [0.25, 0.3) is 0 Å². The molecule has 0 aliphatic heterocycles. The molecule has 0 heterocycles. The molecular weight excluding hydrogens is 136 g/mol. The molecule has 0 radical (unpaired) electrons. The van der Waals surface area contributed by atoms with Crippen LogP contribution < -0.4 is 0 Å². The van der Waals surface area contributed by atoms with Crippen molar-refractivity contribution in [3.05, 3.63) is 0 Å². The second kappa shape index (κ2) is 5.61. The zero-order valence-corrected chi connectivity index (χ0v) is 5.77. The van der Waals surface area contributed by atoms with Crippen LogP contribution in [0.1, 0.15) is 6.42 Å². The summed E-state index contributed by atoms with van der Waals surface area (Å²) in [6.07, 6.45) is -0.590. The van der Waals surface area contributed by atoms with E-state index < -0.39 is 6.10 Å². The van der Waals surface area contributed by atoms with Crippen molar-refractivity contribution >= 4 is 0 Å². The predicted molar refractivity (Wildman–Crippen MR) is 35.4 cm³/mol. The lowest BCUT2D eigenvalue weighted by atomic mass is 10.0. The molecule has 0 fully saturated rings. The largest absolute Gasteiger partial charge is 0.396 e. The lowest BCUT2D eigenvalue weighted by molar-refractivity contribution is 0.0466. The van der Waals surface area contributed by atoms with Gasteiger partial charge in [-0.25, -0.2) is 0 Å². The second-order valence-electron chi connectivity index (χ2n) is 2.30. The van der Waals surface area contributed by atoms with Crippen molar-refractivity contribution in [3.8, 4) is 0 Å². The lowest BCUT2D eigenvalue weighted by Crippen LogP contribution is -2.21. The average Bonchev–Trinajstić information content (AvgIpc) is 1.99. The normalized spacial score (nSPS) is 14.1. The fourth-order valence-corrected chi connectivity index (χ4v) is 0.666. The molecule has 0 aromatic rings. The molecule has 0 amide bonds. The molecule has 0 spiro atoms. The van der Waals surface area contributed by atoms with Crippen LogP contribution in [-0.2, 0) is 0 Å². The van der Waals surface area contributed by atoms with Gasteiger partial charge in [0.2, 0.25) is 0 Å². The van der Waals surface area contributed by atoms with Crippen molar-refractivity contribution in [3.63, 3.8) is 0 Å². The third kappa shape index (κ3) is 3.79. The Bertz CT molecular complexity index is 72.1. The Hall–Kier alpha value is -0.160. The standard InChI is InChI=1S/C6H14O4/c7-2-5(3-8)1-6(10)4-9/h5-10H,1-4H2. The first-order valence-electron chi connectivity index (χ1n) is 3.25. The van der Waals surface area contributed by atoms with Crippen LogP contribution in [0.3, 0.4) is 0 Å². The van der Waals surface area contributed by atoms with Gasteiger partial charge < -0.3 is 20.4 Å². The van der Waals surface area contributed by atoms with Crippen LogP contribution in [0.2, 0.25) is 0 Å². The Morgan fingerprint density at radius 3 is 1.70 bits per heavy atom. The van der Waals surface area contributed by atoms with Crippen molar-refractivity contribution in [2.24, 2.45) is 5.92 Å². The monoisotopic (exact) mass is 150 g/mol. The molecule has 0 aromatic heterocycles. The first-order chi connectivity index (χ1) is 4.74. The maximum absolute atomic E-state index is 8.82. The van der Waals surface area contributed by atoms with Crippen molar-refractivity contribution in [2.75, 3.05) is 19.8 Å². The minimum atomic E-state index is -0.829. The Morgan fingerprint density at radius 2 is 1.40 bits per heavy atom. The highest BCUT2D eigenvalue weighted by atomic mass is 16.3. The Morgan fingerprint density at radius 1 is 0.900 bits per heavy atom. The summed E-state index contributed by atoms with van der Waals surface area (Å²) in [5, 5.41) is 34.2. The van der Waals surface area contributed by atoms with Crippen molar-refractivity contribution in [1.29, 1.82) is 0 Å². The van der Waals surface area contributed by atoms with Gasteiger partial charge in [-0.15, -0.1) is 0 Å². The smallest absolute Gasteiger partial charge is 0.0775 e. The molecule has 10 heavy (non-hydrogen) atoms. The summed E-state index contributed by atoms with van der Waals surface area (Å²) in [5.41, 5.74) is 0. The number of aliphatic hydroxyl groups is 4. The lowest BCUT2D eigenvalue weighted by Gasteiger charge is -2.13. The second-order valence-corrected chi connectivity index (χ2v) is 2.30. The van der Waals surface area contributed by atoms with Gasteiger partial charge >= 0.3 is 0 Å². The van der Waals surface area contributed by atoms with Gasteiger partial charge in [-0.05, 0) is 6.42 Å². The minimum Gasteiger partial charge on any atom is -0.396 e. The van der Waals surface area contributed by atoms with Crippen LogP contribution in [0.15, 0.2) is 0 Å². The maximum Gasteiger partial charge on any atom is 0.0775 e. The van der Waals surface area contributed by atoms with Crippen LogP contribution in [0.4, 0.5) is 0 Å². The van der Waals surface area contributed by atoms with E-state index in [4.69, 9.17) is 20.4 Å². The van der Waals surface area contributed by atoms with Gasteiger partial charge in [0.1, 0.15) is 0 Å². The van der Waals surface area contributed by atoms with Gasteiger partial charge in [0, 0.05) is 19.1 Å². The van der Waals surface area contributed by atoms with Crippen LogP contribution in [-0.4, -0.2) is 46.4 Å². The average molecular weight is 150 g/mol. The number of hydrogen-bond acceptors (Lipinski definition) is 4. The van der Waals surface area contributed by atoms with E-state index in [1.54, 1.807) is 0 Å². The maximum atomic E-state index is 8.82. The molecule has 4 nitrogen and oxygen atoms in total. The van der Waals surface area contributed by atoms with Gasteiger partial charge in [0.15, 0.2) is 0 Å². The van der Waals surface area contributed by atoms with Crippen molar-refractivity contribution < 1.29 is 20.4 Å². The molecule has 0 saturated heterocycles. The fourth-order valence-electron chi connectivity index (χ4n) is 0.666. The molecule has 0 aliphatic rings. The zero-order chi connectivity index (χ0) is 7.98. The van der Waals surface area contributed by atoms with E-state index in [1.165, 1.54) is 0 Å². The summed E-state index contributed by atoms with van der Waals surface area (Å²) in [6, 6.07) is 0. The Labute approximate surface area is 59.7 Å². The highest BCUT2D eigenvalue weighted by molar-refractivity contribution is 4.61. The van der Waals surface area contributed by atoms with Crippen LogP contribution >= 0.6 is 0 Å². The molecule has 4 heteroatoms. The quantitative estimate of drug-likeness (QED) is 0.378. The minimum absolute atomic E-state index is 0.159. The van der Waals surface area contributed by atoms with Crippen molar-refractivity contribution in [2.45, 2.75) is 12.5 Å². The molecule has 4 N–H and O–H groups in total. The molecule has 0 aromatic carbocycles. The summed E-state index contributed by atoms with van der Waals surface area (Å²) in [6.45, 7) is -0.641. The van der Waals surface area contributed by atoms with E-state index in [0.717, 1.165) is 0 Å². The van der Waals surface area contributed by atoms with Gasteiger partial charge in [-0.1, -0.05) is 0 Å². The first-order valence-corrected chi connectivity index (χ1v) is 3.25. The molecule has 62 valence electrons. The van der Waals surface area contributed by atoms with Gasteiger partial charge in [0.25, 0.3) is 0 Å². The highest BCUT2D eigenvalue weighted by Crippen LogP contribution is 2.03. The number of hydrogen-bond donors (Lipinski definition) is 4. The van der Waals surface area contributed by atoms with E-state index in [-0.39, 0.29) is 32.2 Å².